The minimum atomic E-state index is 0.268. The molecule has 5 nitrogen and oxygen atoms in total. The SMILES string of the molecule is COc1ccc(N2CCNC(Cc3ccccc3)C2)cc1OC1CCN(C)CC1. The Morgan fingerprint density at radius 3 is 2.55 bits per heavy atom. The Morgan fingerprint density at radius 2 is 1.79 bits per heavy atom. The van der Waals surface area contributed by atoms with E-state index in [1.165, 1.54) is 11.3 Å². The second-order valence-electron chi connectivity index (χ2n) is 8.24. The first-order valence-electron chi connectivity index (χ1n) is 10.8. The van der Waals surface area contributed by atoms with Gasteiger partial charge in [-0.3, -0.25) is 0 Å². The second kappa shape index (κ2) is 9.51. The van der Waals surface area contributed by atoms with Crippen molar-refractivity contribution in [2.75, 3.05) is 51.8 Å². The number of anilines is 1. The van der Waals surface area contributed by atoms with Gasteiger partial charge in [-0.1, -0.05) is 30.3 Å². The van der Waals surface area contributed by atoms with Gasteiger partial charge < -0.3 is 24.6 Å². The number of benzene rings is 2. The van der Waals surface area contributed by atoms with Crippen molar-refractivity contribution in [2.45, 2.75) is 31.4 Å². The van der Waals surface area contributed by atoms with Crippen molar-refractivity contribution in [1.82, 2.24) is 10.2 Å². The Hall–Kier alpha value is -2.24. The minimum Gasteiger partial charge on any atom is -0.493 e. The summed E-state index contributed by atoms with van der Waals surface area (Å²) in [6.45, 7) is 5.17. The molecule has 2 aliphatic rings. The number of hydrogen-bond acceptors (Lipinski definition) is 5. The Balaban J connectivity index is 1.44. The fourth-order valence-corrected chi connectivity index (χ4v) is 4.33. The third-order valence-corrected chi connectivity index (χ3v) is 6.05. The third-order valence-electron chi connectivity index (χ3n) is 6.05. The average molecular weight is 396 g/mol. The van der Waals surface area contributed by atoms with Crippen molar-refractivity contribution in [3.8, 4) is 11.5 Å². The van der Waals surface area contributed by atoms with Crippen LogP contribution in [0.4, 0.5) is 5.69 Å². The zero-order chi connectivity index (χ0) is 20.1. The van der Waals surface area contributed by atoms with Crippen molar-refractivity contribution in [2.24, 2.45) is 0 Å². The molecule has 0 spiro atoms. The highest BCUT2D eigenvalue weighted by Gasteiger charge is 2.23. The standard InChI is InChI=1S/C24H33N3O2/c1-26-13-10-22(11-14-26)29-24-17-21(8-9-23(24)28-2)27-15-12-25-20(18-27)16-19-6-4-3-5-7-19/h3-9,17,20,22,25H,10-16,18H2,1-2H3. The molecule has 1 unspecified atom stereocenters. The summed E-state index contributed by atoms with van der Waals surface area (Å²) in [7, 11) is 3.89. The van der Waals surface area contributed by atoms with Gasteiger partial charge in [0.05, 0.1) is 7.11 Å². The molecular weight excluding hydrogens is 362 g/mol. The van der Waals surface area contributed by atoms with Crippen LogP contribution in [0.3, 0.4) is 0 Å². The van der Waals surface area contributed by atoms with Crippen LogP contribution in [0.25, 0.3) is 0 Å². The highest BCUT2D eigenvalue weighted by Crippen LogP contribution is 2.34. The maximum Gasteiger partial charge on any atom is 0.163 e. The topological polar surface area (TPSA) is 37.0 Å². The number of piperazine rings is 1. The molecule has 2 fully saturated rings. The number of nitrogens with one attached hydrogen (secondary N) is 1. The van der Waals surface area contributed by atoms with E-state index in [2.05, 4.69) is 64.6 Å². The van der Waals surface area contributed by atoms with Crippen LogP contribution in [0.15, 0.2) is 48.5 Å². The van der Waals surface area contributed by atoms with E-state index in [1.807, 2.05) is 6.07 Å². The van der Waals surface area contributed by atoms with Crippen LogP contribution in [0, 0.1) is 0 Å². The first kappa shape index (κ1) is 20.0. The number of piperidine rings is 1. The molecule has 2 aliphatic heterocycles. The Labute approximate surface area is 174 Å². The molecule has 2 heterocycles. The van der Waals surface area contributed by atoms with Gasteiger partial charge in [0, 0.05) is 50.5 Å². The fraction of sp³-hybridized carbons (Fsp3) is 0.500. The van der Waals surface area contributed by atoms with E-state index in [0.717, 1.165) is 63.5 Å². The summed E-state index contributed by atoms with van der Waals surface area (Å²) >= 11 is 0. The van der Waals surface area contributed by atoms with Gasteiger partial charge in [0.25, 0.3) is 0 Å². The average Bonchev–Trinajstić information content (AvgIpc) is 2.76. The quantitative estimate of drug-likeness (QED) is 0.813. The molecular formula is C24H33N3O2. The smallest absolute Gasteiger partial charge is 0.163 e. The van der Waals surface area contributed by atoms with E-state index in [4.69, 9.17) is 9.47 Å². The summed E-state index contributed by atoms with van der Waals surface area (Å²) in [5.74, 6) is 1.70. The lowest BCUT2D eigenvalue weighted by molar-refractivity contribution is 0.111. The number of methoxy groups -OCH3 is 1. The van der Waals surface area contributed by atoms with E-state index in [-0.39, 0.29) is 6.10 Å². The van der Waals surface area contributed by atoms with Crippen molar-refractivity contribution in [3.63, 3.8) is 0 Å². The molecule has 1 atom stereocenters. The minimum absolute atomic E-state index is 0.268. The molecule has 5 heteroatoms. The van der Waals surface area contributed by atoms with Crippen molar-refractivity contribution in [1.29, 1.82) is 0 Å². The van der Waals surface area contributed by atoms with Gasteiger partial charge in [-0.05, 0) is 44.0 Å². The summed E-state index contributed by atoms with van der Waals surface area (Å²) in [5.41, 5.74) is 2.60. The molecule has 2 aromatic carbocycles. The predicted octanol–water partition coefficient (Wildman–Crippen LogP) is 3.19. The molecule has 1 N–H and O–H groups in total. The van der Waals surface area contributed by atoms with Crippen molar-refractivity contribution >= 4 is 5.69 Å². The lowest BCUT2D eigenvalue weighted by atomic mass is 10.0. The number of likely N-dealkylation sites (tertiary alicyclic amines) is 1. The monoisotopic (exact) mass is 395 g/mol. The molecule has 0 aliphatic carbocycles. The van der Waals surface area contributed by atoms with Crippen molar-refractivity contribution in [3.05, 3.63) is 54.1 Å². The van der Waals surface area contributed by atoms with E-state index >= 15 is 0 Å². The van der Waals surface area contributed by atoms with Gasteiger partial charge >= 0.3 is 0 Å². The van der Waals surface area contributed by atoms with E-state index in [0.29, 0.717) is 6.04 Å². The number of hydrogen-bond donors (Lipinski definition) is 1. The first-order chi connectivity index (χ1) is 14.2. The third kappa shape index (κ3) is 5.22. The first-order valence-corrected chi connectivity index (χ1v) is 10.8. The summed E-state index contributed by atoms with van der Waals surface area (Å²) < 4.78 is 12.0. The summed E-state index contributed by atoms with van der Waals surface area (Å²) in [5, 5.41) is 3.67. The number of nitrogens with zero attached hydrogens (tertiary/aromatic N) is 2. The lowest BCUT2D eigenvalue weighted by Gasteiger charge is -2.36. The van der Waals surface area contributed by atoms with Crippen LogP contribution in [0.1, 0.15) is 18.4 Å². The normalized spacial score (nSPS) is 21.2. The van der Waals surface area contributed by atoms with E-state index in [9.17, 15) is 0 Å². The zero-order valence-electron chi connectivity index (χ0n) is 17.6. The Kier molecular flexibility index (Phi) is 6.57. The molecule has 4 rings (SSSR count). The fourth-order valence-electron chi connectivity index (χ4n) is 4.33. The highest BCUT2D eigenvalue weighted by atomic mass is 16.5. The van der Waals surface area contributed by atoms with E-state index < -0.39 is 0 Å². The molecule has 2 aromatic rings. The van der Waals surface area contributed by atoms with Crippen LogP contribution in [0.5, 0.6) is 11.5 Å². The molecule has 0 amide bonds. The largest absolute Gasteiger partial charge is 0.493 e. The second-order valence-corrected chi connectivity index (χ2v) is 8.24. The molecule has 29 heavy (non-hydrogen) atoms. The van der Waals surface area contributed by atoms with Crippen LogP contribution in [-0.2, 0) is 6.42 Å². The van der Waals surface area contributed by atoms with Gasteiger partial charge in [0.1, 0.15) is 6.10 Å². The molecule has 0 bridgehead atoms. The van der Waals surface area contributed by atoms with E-state index in [1.54, 1.807) is 7.11 Å². The maximum absolute atomic E-state index is 6.39. The Bertz CT molecular complexity index is 775. The predicted molar refractivity (Wildman–Crippen MR) is 118 cm³/mol. The number of ether oxygens (including phenoxy) is 2. The lowest BCUT2D eigenvalue weighted by Crippen LogP contribution is -2.51. The zero-order valence-corrected chi connectivity index (χ0v) is 17.6. The molecule has 0 radical (unpaired) electrons. The summed E-state index contributed by atoms with van der Waals surface area (Å²) in [6, 6.07) is 17.6. The molecule has 0 saturated carbocycles. The van der Waals surface area contributed by atoms with Crippen molar-refractivity contribution < 1.29 is 9.47 Å². The molecule has 0 aromatic heterocycles. The summed E-state index contributed by atoms with van der Waals surface area (Å²) in [4.78, 5) is 4.83. The van der Waals surface area contributed by atoms with Crippen LogP contribution >= 0.6 is 0 Å². The van der Waals surface area contributed by atoms with Gasteiger partial charge in [-0.25, -0.2) is 0 Å². The molecule has 156 valence electrons. The van der Waals surface area contributed by atoms with Gasteiger partial charge in [0.2, 0.25) is 0 Å². The highest BCUT2D eigenvalue weighted by molar-refractivity contribution is 5.57. The van der Waals surface area contributed by atoms with Crippen LogP contribution < -0.4 is 19.7 Å². The summed E-state index contributed by atoms with van der Waals surface area (Å²) in [6.07, 6.45) is 3.45. The van der Waals surface area contributed by atoms with Gasteiger partial charge in [-0.15, -0.1) is 0 Å². The Morgan fingerprint density at radius 1 is 1.00 bits per heavy atom. The maximum atomic E-state index is 6.39. The van der Waals surface area contributed by atoms with Crippen LogP contribution in [0.2, 0.25) is 0 Å². The molecule has 2 saturated heterocycles. The number of rotatable bonds is 6. The van der Waals surface area contributed by atoms with Crippen LogP contribution in [-0.4, -0.2) is 63.9 Å². The van der Waals surface area contributed by atoms with Gasteiger partial charge in [-0.2, -0.15) is 0 Å². The van der Waals surface area contributed by atoms with Gasteiger partial charge in [0.15, 0.2) is 11.5 Å².